The van der Waals surface area contributed by atoms with Gasteiger partial charge in [-0.25, -0.2) is 0 Å². The highest BCUT2D eigenvalue weighted by Crippen LogP contribution is 2.33. The number of para-hydroxylation sites is 1. The number of halogens is 1. The Labute approximate surface area is 181 Å². The molecule has 0 aliphatic heterocycles. The van der Waals surface area contributed by atoms with Crippen LogP contribution < -0.4 is 10.7 Å². The van der Waals surface area contributed by atoms with Crippen molar-refractivity contribution in [3.8, 4) is 11.1 Å². The molecular weight excluding hydrogens is 418 g/mol. The lowest BCUT2D eigenvalue weighted by atomic mass is 10.0. The zero-order valence-corrected chi connectivity index (χ0v) is 17.1. The van der Waals surface area contributed by atoms with Crippen molar-refractivity contribution < 1.29 is 9.72 Å². The molecule has 0 aliphatic carbocycles. The second-order valence-electron chi connectivity index (χ2n) is 6.87. The van der Waals surface area contributed by atoms with Gasteiger partial charge in [-0.3, -0.25) is 19.7 Å². The summed E-state index contributed by atoms with van der Waals surface area (Å²) in [5.74, 6) is -0.337. The number of hydrogen-bond donors (Lipinski definition) is 1. The van der Waals surface area contributed by atoms with E-state index in [-0.39, 0.29) is 28.1 Å². The summed E-state index contributed by atoms with van der Waals surface area (Å²) in [4.78, 5) is 36.9. The van der Waals surface area contributed by atoms with Gasteiger partial charge in [0.25, 0.3) is 11.6 Å². The summed E-state index contributed by atoms with van der Waals surface area (Å²) < 4.78 is 1.70. The Hall–Kier alpha value is -3.97. The zero-order chi connectivity index (χ0) is 22.1. The summed E-state index contributed by atoms with van der Waals surface area (Å²) in [6.07, 6.45) is 0. The lowest BCUT2D eigenvalue weighted by molar-refractivity contribution is -0.384. The number of carbonyl (C=O) groups excluding carboxylic acids is 1. The summed E-state index contributed by atoms with van der Waals surface area (Å²) in [6.45, 7) is 0. The Kier molecular flexibility index (Phi) is 5.27. The molecule has 0 radical (unpaired) electrons. The van der Waals surface area contributed by atoms with Gasteiger partial charge < -0.3 is 9.88 Å². The number of hydrogen-bond acceptors (Lipinski definition) is 4. The third-order valence-electron chi connectivity index (χ3n) is 5.00. The molecule has 0 unspecified atom stereocenters. The molecular formula is C23H16ClN3O4. The highest BCUT2D eigenvalue weighted by Gasteiger charge is 2.21. The van der Waals surface area contributed by atoms with Crippen LogP contribution in [0, 0.1) is 10.1 Å². The molecule has 154 valence electrons. The summed E-state index contributed by atoms with van der Waals surface area (Å²) in [5.41, 5.74) is 0.954. The van der Waals surface area contributed by atoms with Crippen molar-refractivity contribution in [3.05, 3.63) is 104 Å². The first-order valence-electron chi connectivity index (χ1n) is 9.31. The fourth-order valence-corrected chi connectivity index (χ4v) is 3.72. The number of rotatable bonds is 4. The van der Waals surface area contributed by atoms with Crippen molar-refractivity contribution in [3.63, 3.8) is 0 Å². The Balaban J connectivity index is 1.94. The molecule has 0 spiro atoms. The number of fused-ring (bicyclic) bond motifs is 1. The number of benzene rings is 3. The van der Waals surface area contributed by atoms with Crippen molar-refractivity contribution in [1.82, 2.24) is 4.57 Å². The van der Waals surface area contributed by atoms with Crippen LogP contribution >= 0.6 is 11.6 Å². The number of amides is 1. The van der Waals surface area contributed by atoms with Gasteiger partial charge in [-0.05, 0) is 24.3 Å². The average Bonchev–Trinajstić information content (AvgIpc) is 2.78. The molecule has 0 atom stereocenters. The van der Waals surface area contributed by atoms with Gasteiger partial charge in [-0.1, -0.05) is 48.0 Å². The van der Waals surface area contributed by atoms with E-state index in [9.17, 15) is 19.7 Å². The van der Waals surface area contributed by atoms with Crippen LogP contribution in [0.1, 0.15) is 10.4 Å². The van der Waals surface area contributed by atoms with Crippen LogP contribution in [-0.4, -0.2) is 15.4 Å². The van der Waals surface area contributed by atoms with Crippen molar-refractivity contribution in [1.29, 1.82) is 0 Å². The van der Waals surface area contributed by atoms with E-state index in [1.807, 2.05) is 0 Å². The lowest BCUT2D eigenvalue weighted by Crippen LogP contribution is -2.21. The molecule has 1 aromatic heterocycles. The molecule has 1 N–H and O–H groups in total. The van der Waals surface area contributed by atoms with Gasteiger partial charge in [0.05, 0.1) is 16.0 Å². The number of nitro groups is 1. The Morgan fingerprint density at radius 2 is 1.74 bits per heavy atom. The molecule has 7 nitrogen and oxygen atoms in total. The van der Waals surface area contributed by atoms with E-state index < -0.39 is 10.8 Å². The molecule has 0 saturated heterocycles. The number of non-ortho nitro benzene ring substituents is 1. The average molecular weight is 434 g/mol. The van der Waals surface area contributed by atoms with Crippen LogP contribution in [0.25, 0.3) is 22.0 Å². The van der Waals surface area contributed by atoms with Crippen LogP contribution in [0.3, 0.4) is 0 Å². The van der Waals surface area contributed by atoms with Crippen molar-refractivity contribution in [2.24, 2.45) is 7.05 Å². The maximum Gasteiger partial charge on any atom is 0.270 e. The molecule has 0 saturated carbocycles. The molecule has 3 aromatic carbocycles. The molecule has 1 amide bonds. The predicted molar refractivity (Wildman–Crippen MR) is 121 cm³/mol. The first-order chi connectivity index (χ1) is 14.9. The maximum absolute atomic E-state index is 13.4. The summed E-state index contributed by atoms with van der Waals surface area (Å²) >= 11 is 6.38. The molecule has 8 heteroatoms. The van der Waals surface area contributed by atoms with Gasteiger partial charge in [0, 0.05) is 40.7 Å². The minimum Gasteiger partial charge on any atom is -0.330 e. The second-order valence-corrected chi connectivity index (χ2v) is 7.28. The number of anilines is 1. The smallest absolute Gasteiger partial charge is 0.270 e. The Bertz CT molecular complexity index is 1410. The number of pyridine rings is 1. The van der Waals surface area contributed by atoms with Crippen LogP contribution in [0.2, 0.25) is 5.02 Å². The van der Waals surface area contributed by atoms with Crippen LogP contribution in [0.5, 0.6) is 0 Å². The van der Waals surface area contributed by atoms with Crippen LogP contribution in [0.15, 0.2) is 77.6 Å². The van der Waals surface area contributed by atoms with Gasteiger partial charge in [0.2, 0.25) is 0 Å². The first kappa shape index (κ1) is 20.3. The van der Waals surface area contributed by atoms with Gasteiger partial charge >= 0.3 is 0 Å². The molecule has 0 bridgehead atoms. The van der Waals surface area contributed by atoms with Gasteiger partial charge in [0.15, 0.2) is 5.43 Å². The minimum absolute atomic E-state index is 0.0971. The van der Waals surface area contributed by atoms with Gasteiger partial charge in [-0.2, -0.15) is 0 Å². The van der Waals surface area contributed by atoms with Crippen molar-refractivity contribution >= 4 is 39.9 Å². The van der Waals surface area contributed by atoms with Crippen molar-refractivity contribution in [2.45, 2.75) is 0 Å². The monoisotopic (exact) mass is 433 g/mol. The summed E-state index contributed by atoms with van der Waals surface area (Å²) in [7, 11) is 1.73. The van der Waals surface area contributed by atoms with Gasteiger partial charge in [-0.15, -0.1) is 0 Å². The van der Waals surface area contributed by atoms with E-state index >= 15 is 0 Å². The van der Waals surface area contributed by atoms with Crippen LogP contribution in [0.4, 0.5) is 11.5 Å². The van der Waals surface area contributed by atoms with E-state index in [0.29, 0.717) is 21.5 Å². The fourth-order valence-electron chi connectivity index (χ4n) is 3.49. The van der Waals surface area contributed by atoms with Crippen LogP contribution in [-0.2, 0) is 7.05 Å². The number of aryl methyl sites for hydroxylation is 1. The number of nitro benzene ring substituents is 1. The molecule has 4 aromatic rings. The van der Waals surface area contributed by atoms with E-state index in [1.54, 1.807) is 60.1 Å². The lowest BCUT2D eigenvalue weighted by Gasteiger charge is -2.19. The second kappa shape index (κ2) is 8.04. The third kappa shape index (κ3) is 3.67. The molecule has 31 heavy (non-hydrogen) atoms. The molecule has 1 heterocycles. The molecule has 4 rings (SSSR count). The largest absolute Gasteiger partial charge is 0.330 e. The number of aromatic nitrogens is 1. The summed E-state index contributed by atoms with van der Waals surface area (Å²) in [5, 5.41) is 14.7. The number of carbonyl (C=O) groups is 1. The van der Waals surface area contributed by atoms with E-state index in [2.05, 4.69) is 5.32 Å². The Morgan fingerprint density at radius 1 is 1.03 bits per heavy atom. The van der Waals surface area contributed by atoms with Crippen molar-refractivity contribution in [2.75, 3.05) is 5.32 Å². The fraction of sp³-hybridized carbons (Fsp3) is 0.0435. The SMILES string of the molecule is Cn1c(NC(=O)c2cccc([N+](=O)[O-])c2)c(-c2ccccc2Cl)c(=O)c2ccccc21. The first-order valence-corrected chi connectivity index (χ1v) is 9.68. The standard InChI is InChI=1S/C23H16ClN3O4/c1-26-19-12-5-3-10-17(19)21(28)20(16-9-2-4-11-18(16)24)22(26)25-23(29)14-7-6-8-15(13-14)27(30)31/h2-13H,1H3,(H,25,29). The Morgan fingerprint density at radius 3 is 2.48 bits per heavy atom. The number of nitrogens with one attached hydrogen (secondary N) is 1. The maximum atomic E-state index is 13.4. The minimum atomic E-state index is -0.581. The predicted octanol–water partition coefficient (Wildman–Crippen LogP) is 5.02. The van der Waals surface area contributed by atoms with E-state index in [0.717, 1.165) is 0 Å². The summed E-state index contributed by atoms with van der Waals surface area (Å²) in [6, 6.07) is 19.3. The number of nitrogens with zero attached hydrogens (tertiary/aromatic N) is 2. The topological polar surface area (TPSA) is 94.2 Å². The van der Waals surface area contributed by atoms with Gasteiger partial charge in [0.1, 0.15) is 5.82 Å². The highest BCUT2D eigenvalue weighted by molar-refractivity contribution is 6.33. The molecule has 0 aliphatic rings. The zero-order valence-electron chi connectivity index (χ0n) is 16.3. The van der Waals surface area contributed by atoms with E-state index in [4.69, 9.17) is 11.6 Å². The third-order valence-corrected chi connectivity index (χ3v) is 5.33. The highest BCUT2D eigenvalue weighted by atomic mass is 35.5. The normalized spacial score (nSPS) is 10.8. The quantitative estimate of drug-likeness (QED) is 0.361. The van der Waals surface area contributed by atoms with E-state index in [1.165, 1.54) is 24.3 Å². The molecule has 0 fully saturated rings.